The van der Waals surface area contributed by atoms with Crippen molar-refractivity contribution in [3.05, 3.63) is 48.6 Å². The number of carbonyl (C=O) groups excluding carboxylic acids is 1. The molecule has 0 amide bonds. The number of phosphoric acid groups is 1. The van der Waals surface area contributed by atoms with Gasteiger partial charge in [-0.1, -0.05) is 101 Å². The number of hydrogen-bond donors (Lipinski definition) is 2. The zero-order chi connectivity index (χ0) is 27.8. The molecular formula is C28H51NO7P+. The Labute approximate surface area is 224 Å². The van der Waals surface area contributed by atoms with E-state index < -0.39 is 26.5 Å². The molecule has 8 nitrogen and oxygen atoms in total. The van der Waals surface area contributed by atoms with Crippen molar-refractivity contribution >= 4 is 13.8 Å². The second-order valence-electron chi connectivity index (χ2n) is 10.1. The lowest BCUT2D eigenvalue weighted by atomic mass is 10.1. The summed E-state index contributed by atoms with van der Waals surface area (Å²) in [7, 11) is 1.49. The van der Waals surface area contributed by atoms with Crippen molar-refractivity contribution in [2.45, 2.75) is 77.2 Å². The van der Waals surface area contributed by atoms with E-state index in [1.165, 1.54) is 69.9 Å². The second kappa shape index (κ2) is 22.4. The van der Waals surface area contributed by atoms with Crippen LogP contribution < -0.4 is 0 Å². The second-order valence-corrected chi connectivity index (χ2v) is 11.5. The third kappa shape index (κ3) is 27.3. The number of likely N-dealkylation sites (N-methyl/N-ethyl adjacent to an activating group) is 1. The van der Waals surface area contributed by atoms with Crippen molar-refractivity contribution in [3.63, 3.8) is 0 Å². The molecule has 0 aliphatic heterocycles. The Balaban J connectivity index is 3.85. The number of ether oxygens (including phenoxy) is 1. The maximum Gasteiger partial charge on any atom is 0.472 e. The van der Waals surface area contributed by atoms with E-state index in [9.17, 15) is 19.4 Å². The number of unbranched alkanes of at least 4 members (excludes halogenated alkanes) is 9. The van der Waals surface area contributed by atoms with Gasteiger partial charge in [0.2, 0.25) is 0 Å². The van der Waals surface area contributed by atoms with E-state index in [1.54, 1.807) is 12.2 Å². The van der Waals surface area contributed by atoms with Crippen LogP contribution in [0.4, 0.5) is 0 Å². The van der Waals surface area contributed by atoms with Crippen molar-refractivity contribution < 1.29 is 37.6 Å². The van der Waals surface area contributed by atoms with E-state index >= 15 is 0 Å². The monoisotopic (exact) mass is 544 g/mol. The molecule has 0 saturated carbocycles. The molecule has 37 heavy (non-hydrogen) atoms. The first kappa shape index (κ1) is 35.5. The Morgan fingerprint density at radius 2 is 1.41 bits per heavy atom. The number of allylic oxidation sites excluding steroid dienone is 7. The van der Waals surface area contributed by atoms with Gasteiger partial charge in [0.1, 0.15) is 25.9 Å². The number of phosphoric ester groups is 1. The van der Waals surface area contributed by atoms with E-state index in [1.807, 2.05) is 39.4 Å². The molecule has 9 heteroatoms. The van der Waals surface area contributed by atoms with Gasteiger partial charge in [-0.25, -0.2) is 9.36 Å². The highest BCUT2D eigenvalue weighted by atomic mass is 31.2. The number of quaternary nitrogens is 1. The van der Waals surface area contributed by atoms with Crippen LogP contribution in [0.3, 0.4) is 0 Å². The van der Waals surface area contributed by atoms with Gasteiger partial charge < -0.3 is 19.2 Å². The summed E-state index contributed by atoms with van der Waals surface area (Å²) in [6.45, 7) is 1.94. The Kier molecular flexibility index (Phi) is 21.5. The molecule has 0 aromatic rings. The normalized spacial score (nSPS) is 15.3. The number of carbonyl (C=O) groups is 1. The molecule has 0 radical (unpaired) electrons. The minimum atomic E-state index is -4.27. The maximum atomic E-state index is 11.8. The Bertz CT molecular complexity index is 741. The van der Waals surface area contributed by atoms with Crippen LogP contribution in [0.15, 0.2) is 48.6 Å². The molecule has 0 heterocycles. The molecule has 0 aliphatic rings. The summed E-state index contributed by atoms with van der Waals surface area (Å²) < 4.78 is 26.8. The van der Waals surface area contributed by atoms with Gasteiger partial charge in [-0.3, -0.25) is 9.05 Å². The van der Waals surface area contributed by atoms with Crippen molar-refractivity contribution in [3.8, 4) is 0 Å². The topological polar surface area (TPSA) is 102 Å². The fraction of sp³-hybridized carbons (Fsp3) is 0.679. The number of nitrogens with zero attached hydrogens (tertiary/aromatic N) is 1. The predicted octanol–water partition coefficient (Wildman–Crippen LogP) is 5.88. The molecule has 214 valence electrons. The lowest BCUT2D eigenvalue weighted by Crippen LogP contribution is -2.37. The third-order valence-corrected chi connectivity index (χ3v) is 6.25. The van der Waals surface area contributed by atoms with Crippen LogP contribution in [0.25, 0.3) is 0 Å². The number of rotatable bonds is 23. The van der Waals surface area contributed by atoms with Crippen LogP contribution in [0.2, 0.25) is 0 Å². The van der Waals surface area contributed by atoms with Crippen LogP contribution in [-0.4, -0.2) is 74.1 Å². The molecule has 0 fully saturated rings. The average Bonchev–Trinajstić information content (AvgIpc) is 2.82. The maximum absolute atomic E-state index is 11.8. The zero-order valence-electron chi connectivity index (χ0n) is 23.4. The van der Waals surface area contributed by atoms with Crippen molar-refractivity contribution in [1.82, 2.24) is 0 Å². The Morgan fingerprint density at radius 1 is 0.838 bits per heavy atom. The quantitative estimate of drug-likeness (QED) is 0.0414. The first-order valence-corrected chi connectivity index (χ1v) is 15.0. The third-order valence-electron chi connectivity index (χ3n) is 5.26. The lowest BCUT2D eigenvalue weighted by molar-refractivity contribution is -0.870. The average molecular weight is 545 g/mol. The van der Waals surface area contributed by atoms with Gasteiger partial charge in [-0.05, 0) is 12.8 Å². The van der Waals surface area contributed by atoms with E-state index in [-0.39, 0.29) is 13.2 Å². The van der Waals surface area contributed by atoms with E-state index in [0.29, 0.717) is 11.0 Å². The highest BCUT2D eigenvalue weighted by Gasteiger charge is 2.24. The Morgan fingerprint density at radius 3 is 2.03 bits per heavy atom. The van der Waals surface area contributed by atoms with Crippen LogP contribution in [-0.2, 0) is 23.1 Å². The molecule has 0 spiro atoms. The van der Waals surface area contributed by atoms with Gasteiger partial charge in [-0.2, -0.15) is 0 Å². The fourth-order valence-corrected chi connectivity index (χ4v) is 3.81. The van der Waals surface area contributed by atoms with Crippen molar-refractivity contribution in [2.75, 3.05) is 47.5 Å². The molecule has 0 aliphatic carbocycles. The minimum Gasteiger partial charge on any atom is -0.460 e. The highest BCUT2D eigenvalue weighted by Crippen LogP contribution is 2.43. The van der Waals surface area contributed by atoms with Gasteiger partial charge in [-0.15, -0.1) is 0 Å². The van der Waals surface area contributed by atoms with Crippen molar-refractivity contribution in [2.24, 2.45) is 0 Å². The molecule has 0 bridgehead atoms. The molecule has 0 aromatic carbocycles. The SMILES string of the molecule is CCCCCCCCCCC/C=C\C=C\C=CC=CC(=O)OC[C@@H](O)COP(=O)(O)OCC[N+](C)(C)C. The number of aliphatic hydroxyl groups excluding tert-OH is 1. The van der Waals surface area contributed by atoms with Gasteiger partial charge in [0.15, 0.2) is 0 Å². The molecule has 2 N–H and O–H groups in total. The van der Waals surface area contributed by atoms with E-state index in [2.05, 4.69) is 13.0 Å². The number of hydrogen-bond acceptors (Lipinski definition) is 6. The van der Waals surface area contributed by atoms with Crippen LogP contribution >= 0.6 is 7.82 Å². The van der Waals surface area contributed by atoms with Crippen LogP contribution in [0.5, 0.6) is 0 Å². The summed E-state index contributed by atoms with van der Waals surface area (Å²) >= 11 is 0. The van der Waals surface area contributed by atoms with Crippen LogP contribution in [0.1, 0.15) is 71.1 Å². The van der Waals surface area contributed by atoms with E-state index in [4.69, 9.17) is 13.8 Å². The number of esters is 1. The van der Waals surface area contributed by atoms with Crippen molar-refractivity contribution in [1.29, 1.82) is 0 Å². The smallest absolute Gasteiger partial charge is 0.460 e. The first-order chi connectivity index (χ1) is 17.6. The molecule has 0 saturated heterocycles. The largest absolute Gasteiger partial charge is 0.472 e. The summed E-state index contributed by atoms with van der Waals surface area (Å²) in [4.78, 5) is 21.3. The molecule has 0 aromatic heterocycles. The van der Waals surface area contributed by atoms with Gasteiger partial charge in [0.05, 0.1) is 27.7 Å². The summed E-state index contributed by atoms with van der Waals surface area (Å²) in [5.74, 6) is -0.639. The highest BCUT2D eigenvalue weighted by molar-refractivity contribution is 7.47. The molecular weight excluding hydrogens is 493 g/mol. The Hall–Kier alpha value is -1.54. The summed E-state index contributed by atoms with van der Waals surface area (Å²) in [5.41, 5.74) is 0. The zero-order valence-corrected chi connectivity index (χ0v) is 24.3. The minimum absolute atomic E-state index is 0.0332. The van der Waals surface area contributed by atoms with Gasteiger partial charge in [0, 0.05) is 6.08 Å². The number of aliphatic hydroxyl groups is 1. The van der Waals surface area contributed by atoms with Gasteiger partial charge >= 0.3 is 13.8 Å². The molecule has 0 rings (SSSR count). The summed E-state index contributed by atoms with van der Waals surface area (Å²) in [5, 5.41) is 9.79. The molecule has 1 unspecified atom stereocenters. The fourth-order valence-electron chi connectivity index (χ4n) is 3.06. The first-order valence-electron chi connectivity index (χ1n) is 13.5. The summed E-state index contributed by atoms with van der Waals surface area (Å²) in [6.07, 6.45) is 26.1. The summed E-state index contributed by atoms with van der Waals surface area (Å²) in [6, 6.07) is 0. The lowest BCUT2D eigenvalue weighted by Gasteiger charge is -2.24. The van der Waals surface area contributed by atoms with Gasteiger partial charge in [0.25, 0.3) is 0 Å². The standard InChI is InChI=1S/C28H50NO7P/c1-5-6-7-8-9-10-11-12-13-14-15-16-17-18-19-20-21-22-28(31)34-25-27(30)26-36-37(32,33)35-24-23-29(2,3)4/h15-22,27,30H,5-14,23-26H2,1-4H3/p+1/b16-15-,18-17+,20-19?,22-21?/t27-/m1/s1. The predicted molar refractivity (Wildman–Crippen MR) is 150 cm³/mol. The van der Waals surface area contributed by atoms with E-state index in [0.717, 1.165) is 6.42 Å². The molecule has 2 atom stereocenters. The van der Waals surface area contributed by atoms with Crippen LogP contribution in [0, 0.1) is 0 Å².